The van der Waals surface area contributed by atoms with Gasteiger partial charge in [-0.15, -0.1) is 0 Å². The number of anilines is 1. The maximum atomic E-state index is 12.3. The molecule has 0 spiro atoms. The summed E-state index contributed by atoms with van der Waals surface area (Å²) in [6, 6.07) is 14.9. The average molecular weight is 350 g/mol. The number of rotatable bonds is 5. The summed E-state index contributed by atoms with van der Waals surface area (Å²) in [6.45, 7) is 3.80. The highest BCUT2D eigenvalue weighted by molar-refractivity contribution is 5.94. The normalized spacial score (nSPS) is 11.8. The molecule has 0 bridgehead atoms. The predicted molar refractivity (Wildman–Crippen MR) is 101 cm³/mol. The van der Waals surface area contributed by atoms with Crippen molar-refractivity contribution in [1.82, 2.24) is 15.5 Å². The largest absolute Gasteiger partial charge is 0.378 e. The molecule has 0 aliphatic rings. The molecule has 1 heterocycles. The van der Waals surface area contributed by atoms with E-state index in [1.54, 1.807) is 12.1 Å². The van der Waals surface area contributed by atoms with E-state index in [1.165, 1.54) is 0 Å². The third-order valence-electron chi connectivity index (χ3n) is 4.12. The first kappa shape index (κ1) is 17.7. The zero-order chi connectivity index (χ0) is 18.7. The van der Waals surface area contributed by atoms with E-state index in [0.717, 1.165) is 16.8 Å². The Kier molecular flexibility index (Phi) is 5.02. The fraction of sp³-hybridized carbons (Fsp3) is 0.250. The van der Waals surface area contributed by atoms with Gasteiger partial charge in [-0.05, 0) is 50.2 Å². The van der Waals surface area contributed by atoms with Gasteiger partial charge in [0.2, 0.25) is 11.7 Å². The number of aryl methyl sites for hydroxylation is 1. The molecule has 2 aromatic carbocycles. The van der Waals surface area contributed by atoms with Crippen molar-refractivity contribution in [2.75, 3.05) is 19.0 Å². The Morgan fingerprint density at radius 3 is 2.35 bits per heavy atom. The Morgan fingerprint density at radius 1 is 1.08 bits per heavy atom. The quantitative estimate of drug-likeness (QED) is 0.761. The molecule has 1 amide bonds. The van der Waals surface area contributed by atoms with Gasteiger partial charge in [0.15, 0.2) is 0 Å². The summed E-state index contributed by atoms with van der Waals surface area (Å²) in [5, 5.41) is 6.90. The maximum Gasteiger partial charge on any atom is 0.251 e. The summed E-state index contributed by atoms with van der Waals surface area (Å²) in [4.78, 5) is 18.7. The summed E-state index contributed by atoms with van der Waals surface area (Å²) in [5.74, 6) is 0.700. The van der Waals surface area contributed by atoms with Gasteiger partial charge in [-0.2, -0.15) is 4.98 Å². The lowest BCUT2D eigenvalue weighted by atomic mass is 10.1. The Morgan fingerprint density at radius 2 is 1.73 bits per heavy atom. The Balaban J connectivity index is 1.70. The molecule has 0 unspecified atom stereocenters. The lowest BCUT2D eigenvalue weighted by molar-refractivity contribution is 0.0932. The molecule has 3 rings (SSSR count). The Labute approximate surface area is 152 Å². The van der Waals surface area contributed by atoms with E-state index in [9.17, 15) is 4.79 Å². The molecule has 0 saturated carbocycles. The van der Waals surface area contributed by atoms with Gasteiger partial charge in [-0.1, -0.05) is 22.9 Å². The minimum atomic E-state index is -0.383. The van der Waals surface area contributed by atoms with E-state index in [2.05, 4.69) is 15.5 Å². The minimum absolute atomic E-state index is 0.174. The van der Waals surface area contributed by atoms with Crippen LogP contribution in [0.4, 0.5) is 5.69 Å². The van der Waals surface area contributed by atoms with E-state index in [0.29, 0.717) is 17.3 Å². The average Bonchev–Trinajstić information content (AvgIpc) is 3.12. The Hall–Kier alpha value is -3.15. The van der Waals surface area contributed by atoms with Gasteiger partial charge >= 0.3 is 0 Å². The fourth-order valence-corrected chi connectivity index (χ4v) is 2.48. The zero-order valence-electron chi connectivity index (χ0n) is 15.4. The van der Waals surface area contributed by atoms with E-state index in [4.69, 9.17) is 4.52 Å². The second-order valence-electron chi connectivity index (χ2n) is 6.46. The summed E-state index contributed by atoms with van der Waals surface area (Å²) < 4.78 is 5.33. The van der Waals surface area contributed by atoms with Crippen LogP contribution in [-0.4, -0.2) is 30.1 Å². The van der Waals surface area contributed by atoms with E-state index < -0.39 is 0 Å². The first-order chi connectivity index (χ1) is 12.4. The number of amides is 1. The first-order valence-corrected chi connectivity index (χ1v) is 8.43. The highest BCUT2D eigenvalue weighted by Gasteiger charge is 2.18. The molecule has 1 aromatic heterocycles. The van der Waals surface area contributed by atoms with Gasteiger partial charge in [-0.25, -0.2) is 0 Å². The minimum Gasteiger partial charge on any atom is -0.378 e. The molecule has 0 fully saturated rings. The summed E-state index contributed by atoms with van der Waals surface area (Å²) in [7, 11) is 3.97. The van der Waals surface area contributed by atoms with Gasteiger partial charge in [-0.3, -0.25) is 4.79 Å². The summed E-state index contributed by atoms with van der Waals surface area (Å²) >= 11 is 0. The maximum absolute atomic E-state index is 12.3. The fourth-order valence-electron chi connectivity index (χ4n) is 2.48. The number of hydrogen-bond acceptors (Lipinski definition) is 5. The van der Waals surface area contributed by atoms with E-state index >= 15 is 0 Å². The van der Waals surface area contributed by atoms with Crippen LogP contribution in [0.3, 0.4) is 0 Å². The Bertz CT molecular complexity index is 883. The first-order valence-electron chi connectivity index (χ1n) is 8.43. The van der Waals surface area contributed by atoms with Crippen LogP contribution < -0.4 is 10.2 Å². The van der Waals surface area contributed by atoms with Gasteiger partial charge in [0.25, 0.3) is 5.91 Å². The van der Waals surface area contributed by atoms with Crippen molar-refractivity contribution in [1.29, 1.82) is 0 Å². The summed E-state index contributed by atoms with van der Waals surface area (Å²) in [6.07, 6.45) is 0. The third kappa shape index (κ3) is 3.91. The molecule has 0 aliphatic carbocycles. The SMILES string of the molecule is Cc1ccc(C(=O)N[C@H](C)c2nc(-c3ccc(N(C)C)cc3)no2)cc1. The smallest absolute Gasteiger partial charge is 0.251 e. The molecule has 3 aromatic rings. The number of carbonyl (C=O) groups excluding carboxylic acids is 1. The van der Waals surface area contributed by atoms with Crippen LogP contribution in [0.25, 0.3) is 11.4 Å². The molecule has 1 atom stereocenters. The predicted octanol–water partition coefficient (Wildman–Crippen LogP) is 3.60. The highest BCUT2D eigenvalue weighted by atomic mass is 16.5. The van der Waals surface area contributed by atoms with Crippen LogP contribution in [0, 0.1) is 6.92 Å². The van der Waals surface area contributed by atoms with Crippen molar-refractivity contribution in [3.8, 4) is 11.4 Å². The number of nitrogens with zero attached hydrogens (tertiary/aromatic N) is 3. The number of aromatic nitrogens is 2. The lowest BCUT2D eigenvalue weighted by Crippen LogP contribution is -2.26. The van der Waals surface area contributed by atoms with E-state index in [-0.39, 0.29) is 11.9 Å². The van der Waals surface area contributed by atoms with Crippen LogP contribution in [0.1, 0.15) is 34.8 Å². The number of carbonyl (C=O) groups is 1. The highest BCUT2D eigenvalue weighted by Crippen LogP contribution is 2.21. The van der Waals surface area contributed by atoms with Crippen LogP contribution in [0.5, 0.6) is 0 Å². The van der Waals surface area contributed by atoms with Crippen molar-refractivity contribution in [2.45, 2.75) is 19.9 Å². The second kappa shape index (κ2) is 7.39. The van der Waals surface area contributed by atoms with Crippen molar-refractivity contribution in [2.24, 2.45) is 0 Å². The third-order valence-corrected chi connectivity index (χ3v) is 4.12. The number of benzene rings is 2. The molecule has 0 saturated heterocycles. The van der Waals surface area contributed by atoms with Crippen molar-refractivity contribution in [3.05, 3.63) is 65.5 Å². The van der Waals surface area contributed by atoms with E-state index in [1.807, 2.05) is 69.2 Å². The molecule has 134 valence electrons. The van der Waals surface area contributed by atoms with Crippen LogP contribution in [0.15, 0.2) is 53.1 Å². The van der Waals surface area contributed by atoms with Crippen LogP contribution in [0.2, 0.25) is 0 Å². The molecule has 6 heteroatoms. The van der Waals surface area contributed by atoms with Crippen LogP contribution in [-0.2, 0) is 0 Å². The molecular weight excluding hydrogens is 328 g/mol. The van der Waals surface area contributed by atoms with Gasteiger partial charge in [0.1, 0.15) is 6.04 Å². The molecular formula is C20H22N4O2. The van der Waals surface area contributed by atoms with Gasteiger partial charge in [0.05, 0.1) is 0 Å². The van der Waals surface area contributed by atoms with Crippen LogP contribution >= 0.6 is 0 Å². The van der Waals surface area contributed by atoms with Crippen molar-refractivity contribution >= 4 is 11.6 Å². The molecule has 26 heavy (non-hydrogen) atoms. The monoisotopic (exact) mass is 350 g/mol. The lowest BCUT2D eigenvalue weighted by Gasteiger charge is -2.11. The molecule has 0 radical (unpaired) electrons. The summed E-state index contributed by atoms with van der Waals surface area (Å²) in [5.41, 5.74) is 3.66. The molecule has 1 N–H and O–H groups in total. The zero-order valence-corrected chi connectivity index (χ0v) is 15.4. The van der Waals surface area contributed by atoms with Gasteiger partial charge < -0.3 is 14.7 Å². The standard InChI is InChI=1S/C20H22N4O2/c1-13-5-7-16(8-6-13)19(25)21-14(2)20-22-18(23-26-20)15-9-11-17(12-10-15)24(3)4/h5-12,14H,1-4H3,(H,21,25)/t14-/m1/s1. The molecule has 6 nitrogen and oxygen atoms in total. The van der Waals surface area contributed by atoms with Crippen molar-refractivity contribution < 1.29 is 9.32 Å². The second-order valence-corrected chi connectivity index (χ2v) is 6.46. The molecule has 0 aliphatic heterocycles. The van der Waals surface area contributed by atoms with Gasteiger partial charge in [0, 0.05) is 30.9 Å². The number of nitrogens with one attached hydrogen (secondary N) is 1. The topological polar surface area (TPSA) is 71.3 Å². The number of hydrogen-bond donors (Lipinski definition) is 1. The van der Waals surface area contributed by atoms with Crippen molar-refractivity contribution in [3.63, 3.8) is 0 Å².